The Bertz CT molecular complexity index is 609. The first-order valence-corrected chi connectivity index (χ1v) is 6.49. The van der Waals surface area contributed by atoms with Crippen LogP contribution in [0.15, 0.2) is 48.5 Å². The maximum atomic E-state index is 12.3. The molecule has 0 aliphatic carbocycles. The van der Waals surface area contributed by atoms with Crippen molar-refractivity contribution in [1.29, 1.82) is 0 Å². The number of nitrogens with two attached hydrogens (primary N) is 1. The number of rotatable bonds is 4. The zero-order valence-corrected chi connectivity index (χ0v) is 11.6. The second kappa shape index (κ2) is 6.10. The van der Waals surface area contributed by atoms with Crippen LogP contribution in [0.2, 0.25) is 0 Å². The molecular weight excluding hydrogens is 252 g/mol. The van der Waals surface area contributed by atoms with Gasteiger partial charge in [-0.25, -0.2) is 0 Å². The van der Waals surface area contributed by atoms with Crippen LogP contribution in [0.4, 0.5) is 11.4 Å². The number of hydrogen-bond donors (Lipinski definition) is 2. The summed E-state index contributed by atoms with van der Waals surface area (Å²) >= 11 is 0. The Kier molecular flexibility index (Phi) is 4.25. The first kappa shape index (κ1) is 13.9. The molecule has 4 nitrogen and oxygen atoms in total. The number of nitrogens with one attached hydrogen (secondary N) is 1. The van der Waals surface area contributed by atoms with Crippen LogP contribution >= 0.6 is 0 Å². The highest BCUT2D eigenvalue weighted by atomic mass is 16.5. The Morgan fingerprint density at radius 2 is 1.90 bits per heavy atom. The molecule has 0 radical (unpaired) electrons. The number of carbonyl (C=O) groups is 1. The number of nitrogen functional groups attached to an aromatic ring is 1. The summed E-state index contributed by atoms with van der Waals surface area (Å²) in [4.78, 5) is 12.3. The normalized spacial score (nSPS) is 10.3. The number of para-hydroxylation sites is 1. The van der Waals surface area contributed by atoms with Gasteiger partial charge in [0.15, 0.2) is 0 Å². The van der Waals surface area contributed by atoms with Crippen molar-refractivity contribution in [3.05, 3.63) is 54.1 Å². The second-order valence-electron chi connectivity index (χ2n) is 4.74. The molecule has 0 heterocycles. The lowest BCUT2D eigenvalue weighted by molar-refractivity contribution is 0.102. The highest BCUT2D eigenvalue weighted by molar-refractivity contribution is 6.06. The Labute approximate surface area is 118 Å². The number of ether oxygens (including phenoxy) is 1. The van der Waals surface area contributed by atoms with E-state index in [1.165, 1.54) is 0 Å². The second-order valence-corrected chi connectivity index (χ2v) is 4.74. The summed E-state index contributed by atoms with van der Waals surface area (Å²) in [6, 6.07) is 14.2. The molecule has 0 spiro atoms. The summed E-state index contributed by atoms with van der Waals surface area (Å²) in [5.41, 5.74) is 7.46. The molecule has 0 aliphatic heterocycles. The van der Waals surface area contributed by atoms with Gasteiger partial charge in [-0.2, -0.15) is 0 Å². The van der Waals surface area contributed by atoms with E-state index in [0.29, 0.717) is 22.7 Å². The third-order valence-corrected chi connectivity index (χ3v) is 2.64. The predicted molar refractivity (Wildman–Crippen MR) is 81.0 cm³/mol. The van der Waals surface area contributed by atoms with Gasteiger partial charge in [0.25, 0.3) is 5.91 Å². The summed E-state index contributed by atoms with van der Waals surface area (Å²) in [5.74, 6) is 0.357. The van der Waals surface area contributed by atoms with E-state index in [2.05, 4.69) is 5.32 Å². The van der Waals surface area contributed by atoms with E-state index >= 15 is 0 Å². The van der Waals surface area contributed by atoms with Gasteiger partial charge in [0.05, 0.1) is 11.7 Å². The predicted octanol–water partition coefficient (Wildman–Crippen LogP) is 3.31. The van der Waals surface area contributed by atoms with Gasteiger partial charge in [-0.15, -0.1) is 0 Å². The number of carbonyl (C=O) groups excluding carboxylic acids is 1. The lowest BCUT2D eigenvalue weighted by atomic mass is 10.1. The molecule has 0 fully saturated rings. The summed E-state index contributed by atoms with van der Waals surface area (Å²) in [5, 5.41) is 2.81. The number of hydrogen-bond acceptors (Lipinski definition) is 3. The summed E-state index contributed by atoms with van der Waals surface area (Å²) in [7, 11) is 0. The Balaban J connectivity index is 2.21. The molecule has 0 aromatic heterocycles. The number of anilines is 2. The number of amides is 1. The molecule has 2 aromatic rings. The highest BCUT2D eigenvalue weighted by Crippen LogP contribution is 2.21. The topological polar surface area (TPSA) is 64.3 Å². The third kappa shape index (κ3) is 3.51. The van der Waals surface area contributed by atoms with E-state index in [9.17, 15) is 4.79 Å². The first-order chi connectivity index (χ1) is 9.56. The van der Waals surface area contributed by atoms with Gasteiger partial charge in [0, 0.05) is 11.4 Å². The molecule has 0 atom stereocenters. The van der Waals surface area contributed by atoms with Crippen molar-refractivity contribution in [2.24, 2.45) is 0 Å². The zero-order valence-electron chi connectivity index (χ0n) is 11.6. The van der Waals surface area contributed by atoms with Crippen molar-refractivity contribution in [3.8, 4) is 5.75 Å². The fourth-order valence-corrected chi connectivity index (χ4v) is 1.83. The molecule has 0 unspecified atom stereocenters. The average molecular weight is 270 g/mol. The molecule has 20 heavy (non-hydrogen) atoms. The minimum absolute atomic E-state index is 0.0105. The van der Waals surface area contributed by atoms with Gasteiger partial charge in [-0.3, -0.25) is 4.79 Å². The smallest absolute Gasteiger partial charge is 0.259 e. The monoisotopic (exact) mass is 270 g/mol. The van der Waals surface area contributed by atoms with Crippen molar-refractivity contribution in [1.82, 2.24) is 0 Å². The van der Waals surface area contributed by atoms with Crippen molar-refractivity contribution in [2.45, 2.75) is 20.0 Å². The molecule has 4 heteroatoms. The maximum absolute atomic E-state index is 12.3. The Morgan fingerprint density at radius 3 is 2.60 bits per heavy atom. The van der Waals surface area contributed by atoms with Gasteiger partial charge >= 0.3 is 0 Å². The van der Waals surface area contributed by atoms with E-state index in [1.54, 1.807) is 42.5 Å². The molecule has 0 saturated heterocycles. The molecular formula is C16H18N2O2. The standard InChI is InChI=1S/C16H18N2O2/c1-11(2)20-15-9-4-3-8-14(15)16(19)18-13-7-5-6-12(17)10-13/h3-11H,17H2,1-2H3,(H,18,19). The minimum Gasteiger partial charge on any atom is -0.490 e. The van der Waals surface area contributed by atoms with Crippen molar-refractivity contribution >= 4 is 17.3 Å². The molecule has 0 saturated carbocycles. The third-order valence-electron chi connectivity index (χ3n) is 2.64. The van der Waals surface area contributed by atoms with Crippen LogP contribution in [-0.2, 0) is 0 Å². The highest BCUT2D eigenvalue weighted by Gasteiger charge is 2.13. The SMILES string of the molecule is CC(C)Oc1ccccc1C(=O)Nc1cccc(N)c1. The number of benzene rings is 2. The van der Waals surface area contributed by atoms with Crippen molar-refractivity contribution < 1.29 is 9.53 Å². The van der Waals surface area contributed by atoms with E-state index in [4.69, 9.17) is 10.5 Å². The summed E-state index contributed by atoms with van der Waals surface area (Å²) in [6.07, 6.45) is 0.0105. The van der Waals surface area contributed by atoms with Crippen LogP contribution in [0.3, 0.4) is 0 Å². The fraction of sp³-hybridized carbons (Fsp3) is 0.188. The van der Waals surface area contributed by atoms with Crippen LogP contribution in [0.1, 0.15) is 24.2 Å². The van der Waals surface area contributed by atoms with E-state index in [0.717, 1.165) is 0 Å². The summed E-state index contributed by atoms with van der Waals surface area (Å²) in [6.45, 7) is 3.85. The van der Waals surface area contributed by atoms with Gasteiger partial charge in [-0.05, 0) is 44.2 Å². The van der Waals surface area contributed by atoms with Crippen LogP contribution in [-0.4, -0.2) is 12.0 Å². The van der Waals surface area contributed by atoms with Gasteiger partial charge < -0.3 is 15.8 Å². The summed E-state index contributed by atoms with van der Waals surface area (Å²) < 4.78 is 5.64. The quantitative estimate of drug-likeness (QED) is 0.838. The van der Waals surface area contributed by atoms with Gasteiger partial charge in [0.1, 0.15) is 5.75 Å². The molecule has 0 bridgehead atoms. The van der Waals surface area contributed by atoms with Crippen molar-refractivity contribution in [2.75, 3.05) is 11.1 Å². The molecule has 2 aromatic carbocycles. The van der Waals surface area contributed by atoms with E-state index in [-0.39, 0.29) is 12.0 Å². The molecule has 104 valence electrons. The zero-order chi connectivity index (χ0) is 14.5. The Morgan fingerprint density at radius 1 is 1.15 bits per heavy atom. The van der Waals surface area contributed by atoms with Crippen LogP contribution in [0.25, 0.3) is 0 Å². The van der Waals surface area contributed by atoms with Crippen LogP contribution < -0.4 is 15.8 Å². The molecule has 3 N–H and O–H groups in total. The molecule has 2 rings (SSSR count). The molecule has 0 aliphatic rings. The lowest BCUT2D eigenvalue weighted by Crippen LogP contribution is -2.15. The minimum atomic E-state index is -0.216. The van der Waals surface area contributed by atoms with Gasteiger partial charge in [-0.1, -0.05) is 18.2 Å². The lowest BCUT2D eigenvalue weighted by Gasteiger charge is -2.14. The first-order valence-electron chi connectivity index (χ1n) is 6.49. The van der Waals surface area contributed by atoms with E-state index in [1.807, 2.05) is 19.9 Å². The average Bonchev–Trinajstić information content (AvgIpc) is 2.38. The van der Waals surface area contributed by atoms with Crippen molar-refractivity contribution in [3.63, 3.8) is 0 Å². The van der Waals surface area contributed by atoms with Gasteiger partial charge in [0.2, 0.25) is 0 Å². The van der Waals surface area contributed by atoms with Crippen LogP contribution in [0.5, 0.6) is 5.75 Å². The fourth-order valence-electron chi connectivity index (χ4n) is 1.83. The van der Waals surface area contributed by atoms with E-state index < -0.39 is 0 Å². The largest absolute Gasteiger partial charge is 0.490 e. The van der Waals surface area contributed by atoms with Crippen LogP contribution in [0, 0.1) is 0 Å². The maximum Gasteiger partial charge on any atom is 0.259 e. The Hall–Kier alpha value is -2.49. The molecule has 1 amide bonds.